The highest BCUT2D eigenvalue weighted by atomic mass is 14.4. The van der Waals surface area contributed by atoms with Crippen molar-refractivity contribution in [3.63, 3.8) is 0 Å². The van der Waals surface area contributed by atoms with Crippen LogP contribution in [0.2, 0.25) is 0 Å². The first-order valence-electron chi connectivity index (χ1n) is 6.02. The van der Waals surface area contributed by atoms with E-state index in [1.807, 2.05) is 0 Å². The van der Waals surface area contributed by atoms with E-state index in [2.05, 4.69) is 34.6 Å². The second-order valence-electron chi connectivity index (χ2n) is 5.73. The third-order valence-corrected chi connectivity index (χ3v) is 3.93. The van der Waals surface area contributed by atoms with E-state index in [9.17, 15) is 0 Å². The van der Waals surface area contributed by atoms with Gasteiger partial charge in [-0.3, -0.25) is 0 Å². The maximum absolute atomic E-state index is 2.42. The molecule has 0 aliphatic heterocycles. The molecule has 0 amide bonds. The van der Waals surface area contributed by atoms with Crippen molar-refractivity contribution in [1.82, 2.24) is 0 Å². The SMILES string of the molecule is CC(C)C1C[C@H](C)CC[C@H]1C(C)C. The summed E-state index contributed by atoms with van der Waals surface area (Å²) >= 11 is 0. The van der Waals surface area contributed by atoms with E-state index in [1.54, 1.807) is 0 Å². The molecule has 0 N–H and O–H groups in total. The van der Waals surface area contributed by atoms with Gasteiger partial charge in [-0.25, -0.2) is 0 Å². The molecule has 78 valence electrons. The van der Waals surface area contributed by atoms with Gasteiger partial charge in [-0.2, -0.15) is 0 Å². The standard InChI is InChI=1S/C13H26/c1-9(2)12-7-6-11(5)8-13(12)10(3)4/h9-13H,6-8H2,1-5H3/t11-,12+,13?/m1/s1. The van der Waals surface area contributed by atoms with Crippen LogP contribution in [0.5, 0.6) is 0 Å². The Morgan fingerprint density at radius 2 is 1.38 bits per heavy atom. The molecule has 0 aromatic carbocycles. The second kappa shape index (κ2) is 4.48. The van der Waals surface area contributed by atoms with E-state index >= 15 is 0 Å². The zero-order valence-electron chi connectivity index (χ0n) is 10.0. The second-order valence-corrected chi connectivity index (χ2v) is 5.73. The van der Waals surface area contributed by atoms with Crippen LogP contribution in [0.4, 0.5) is 0 Å². The molecule has 1 aliphatic carbocycles. The molecule has 1 saturated carbocycles. The van der Waals surface area contributed by atoms with Gasteiger partial charge in [0.15, 0.2) is 0 Å². The molecular formula is C13H26. The van der Waals surface area contributed by atoms with Crippen LogP contribution in [0.15, 0.2) is 0 Å². The minimum Gasteiger partial charge on any atom is -0.0625 e. The van der Waals surface area contributed by atoms with Crippen molar-refractivity contribution in [2.75, 3.05) is 0 Å². The van der Waals surface area contributed by atoms with Crippen LogP contribution in [0.1, 0.15) is 53.9 Å². The quantitative estimate of drug-likeness (QED) is 0.595. The molecule has 0 nitrogen and oxygen atoms in total. The minimum absolute atomic E-state index is 0.884. The molecule has 1 fully saturated rings. The first kappa shape index (κ1) is 11.1. The molecule has 0 heterocycles. The summed E-state index contributed by atoms with van der Waals surface area (Å²) in [6, 6.07) is 0. The van der Waals surface area contributed by atoms with Gasteiger partial charge in [0.25, 0.3) is 0 Å². The van der Waals surface area contributed by atoms with Crippen LogP contribution < -0.4 is 0 Å². The van der Waals surface area contributed by atoms with Crippen LogP contribution in [0, 0.1) is 29.6 Å². The predicted molar refractivity (Wildman–Crippen MR) is 59.7 cm³/mol. The summed E-state index contributed by atoms with van der Waals surface area (Å²) in [5, 5.41) is 0. The van der Waals surface area contributed by atoms with Crippen molar-refractivity contribution in [3.05, 3.63) is 0 Å². The zero-order chi connectivity index (χ0) is 10.0. The van der Waals surface area contributed by atoms with Crippen LogP contribution in [0.25, 0.3) is 0 Å². The van der Waals surface area contributed by atoms with Gasteiger partial charge in [0, 0.05) is 0 Å². The van der Waals surface area contributed by atoms with Crippen molar-refractivity contribution in [1.29, 1.82) is 0 Å². The van der Waals surface area contributed by atoms with Crippen molar-refractivity contribution < 1.29 is 0 Å². The van der Waals surface area contributed by atoms with Crippen LogP contribution in [-0.2, 0) is 0 Å². The van der Waals surface area contributed by atoms with E-state index in [1.165, 1.54) is 19.3 Å². The Morgan fingerprint density at radius 1 is 0.846 bits per heavy atom. The average molecular weight is 182 g/mol. The molecule has 3 atom stereocenters. The first-order chi connectivity index (χ1) is 6.02. The molecule has 13 heavy (non-hydrogen) atoms. The maximum atomic E-state index is 2.42. The van der Waals surface area contributed by atoms with E-state index in [-0.39, 0.29) is 0 Å². The average Bonchev–Trinajstić information content (AvgIpc) is 2.03. The molecule has 0 saturated heterocycles. The van der Waals surface area contributed by atoms with E-state index in [0.29, 0.717) is 0 Å². The molecule has 0 radical (unpaired) electrons. The highest BCUT2D eigenvalue weighted by Gasteiger charge is 2.32. The fourth-order valence-electron chi connectivity index (χ4n) is 3.04. The maximum Gasteiger partial charge on any atom is -0.0358 e. The lowest BCUT2D eigenvalue weighted by Crippen LogP contribution is -2.30. The topological polar surface area (TPSA) is 0 Å². The molecule has 1 aliphatic rings. The summed E-state index contributed by atoms with van der Waals surface area (Å²) in [6.45, 7) is 12.0. The highest BCUT2D eigenvalue weighted by Crippen LogP contribution is 2.41. The molecule has 0 aromatic heterocycles. The Bertz CT molecular complexity index is 146. The Morgan fingerprint density at radius 3 is 1.85 bits per heavy atom. The Balaban J connectivity index is 2.60. The smallest absolute Gasteiger partial charge is 0.0358 e. The lowest BCUT2D eigenvalue weighted by atomic mass is 9.66. The van der Waals surface area contributed by atoms with Crippen molar-refractivity contribution >= 4 is 0 Å². The van der Waals surface area contributed by atoms with Crippen LogP contribution in [0.3, 0.4) is 0 Å². The number of hydrogen-bond donors (Lipinski definition) is 0. The summed E-state index contributed by atoms with van der Waals surface area (Å²) in [5.74, 6) is 4.73. The van der Waals surface area contributed by atoms with Gasteiger partial charge in [-0.15, -0.1) is 0 Å². The van der Waals surface area contributed by atoms with E-state index < -0.39 is 0 Å². The van der Waals surface area contributed by atoms with E-state index in [0.717, 1.165) is 29.6 Å². The predicted octanol–water partition coefficient (Wildman–Crippen LogP) is 4.35. The van der Waals surface area contributed by atoms with Gasteiger partial charge < -0.3 is 0 Å². The number of hydrogen-bond acceptors (Lipinski definition) is 0. The molecule has 0 aromatic rings. The Kier molecular flexibility index (Phi) is 3.82. The molecule has 0 spiro atoms. The van der Waals surface area contributed by atoms with Gasteiger partial charge in [-0.05, 0) is 42.4 Å². The summed E-state index contributed by atoms with van der Waals surface area (Å²) in [6.07, 6.45) is 4.41. The molecule has 0 heteroatoms. The molecule has 1 unspecified atom stereocenters. The highest BCUT2D eigenvalue weighted by molar-refractivity contribution is 4.82. The molecule has 1 rings (SSSR count). The third-order valence-electron chi connectivity index (χ3n) is 3.93. The van der Waals surface area contributed by atoms with Gasteiger partial charge in [0.2, 0.25) is 0 Å². The fraction of sp³-hybridized carbons (Fsp3) is 1.00. The van der Waals surface area contributed by atoms with Gasteiger partial charge in [-0.1, -0.05) is 41.0 Å². The van der Waals surface area contributed by atoms with Crippen LogP contribution in [-0.4, -0.2) is 0 Å². The molecular weight excluding hydrogens is 156 g/mol. The Hall–Kier alpha value is 0. The largest absolute Gasteiger partial charge is 0.0625 e. The summed E-state index contributed by atoms with van der Waals surface area (Å²) in [5.41, 5.74) is 0. The fourth-order valence-corrected chi connectivity index (χ4v) is 3.04. The van der Waals surface area contributed by atoms with Gasteiger partial charge >= 0.3 is 0 Å². The summed E-state index contributed by atoms with van der Waals surface area (Å²) in [4.78, 5) is 0. The summed E-state index contributed by atoms with van der Waals surface area (Å²) in [7, 11) is 0. The molecule has 0 bridgehead atoms. The van der Waals surface area contributed by atoms with Crippen LogP contribution >= 0.6 is 0 Å². The zero-order valence-corrected chi connectivity index (χ0v) is 10.0. The van der Waals surface area contributed by atoms with Crippen molar-refractivity contribution in [2.45, 2.75) is 53.9 Å². The summed E-state index contributed by atoms with van der Waals surface area (Å²) < 4.78 is 0. The third kappa shape index (κ3) is 2.72. The lowest BCUT2D eigenvalue weighted by molar-refractivity contribution is 0.106. The van der Waals surface area contributed by atoms with Crippen molar-refractivity contribution in [2.24, 2.45) is 29.6 Å². The Labute approximate surface area is 84.1 Å². The van der Waals surface area contributed by atoms with Gasteiger partial charge in [0.1, 0.15) is 0 Å². The van der Waals surface area contributed by atoms with Gasteiger partial charge in [0.05, 0.1) is 0 Å². The van der Waals surface area contributed by atoms with E-state index in [4.69, 9.17) is 0 Å². The number of rotatable bonds is 2. The minimum atomic E-state index is 0.884. The monoisotopic (exact) mass is 182 g/mol. The normalized spacial score (nSPS) is 35.8. The lowest BCUT2D eigenvalue weighted by Gasteiger charge is -2.39. The first-order valence-corrected chi connectivity index (χ1v) is 6.02. The van der Waals surface area contributed by atoms with Crippen molar-refractivity contribution in [3.8, 4) is 0 Å².